The molecule has 0 N–H and O–H groups in total. The molecule has 2 heterocycles. The molecule has 10 atom stereocenters. The molecule has 6 fully saturated rings. The number of esters is 2. The van der Waals surface area contributed by atoms with Crippen molar-refractivity contribution in [2.75, 3.05) is 45.9 Å². The number of morpholine rings is 1. The molecular weight excluding hydrogens is 540 g/mol. The maximum absolute atomic E-state index is 12.7. The summed E-state index contributed by atoms with van der Waals surface area (Å²) in [5.74, 6) is 2.24. The molecule has 43 heavy (non-hydrogen) atoms. The molecule has 6 rings (SSSR count). The van der Waals surface area contributed by atoms with Crippen molar-refractivity contribution in [2.45, 2.75) is 123 Å². The standard InChI is InChI=1S/C36H59N2O5/c1-6-17-38(18-9-7-8-10-19-38)32-23-30-28-12-11-27-22-33(42-25(2)39)31(37-15-20-41-21-16-37)24-36(27,5)29(28)13-14-35(30,4)34(32)43-26(3)40/h6,27-34H,1,7-24H2,2-5H3/q+1/t27?,28-,29-,30+,31?,32?,33?,34?,35+,36+/m1/s1. The van der Waals surface area contributed by atoms with Crippen LogP contribution in [0.2, 0.25) is 0 Å². The van der Waals surface area contributed by atoms with Crippen LogP contribution >= 0.6 is 0 Å². The summed E-state index contributed by atoms with van der Waals surface area (Å²) in [4.78, 5) is 27.5. The van der Waals surface area contributed by atoms with Gasteiger partial charge in [0.25, 0.3) is 0 Å². The first-order chi connectivity index (χ1) is 20.6. The van der Waals surface area contributed by atoms with Crippen LogP contribution in [0.15, 0.2) is 12.7 Å². The van der Waals surface area contributed by atoms with Gasteiger partial charge in [0.15, 0.2) is 6.10 Å². The smallest absolute Gasteiger partial charge is 0.303 e. The molecule has 7 heteroatoms. The second kappa shape index (κ2) is 12.4. The lowest BCUT2D eigenvalue weighted by atomic mass is 9.44. The van der Waals surface area contributed by atoms with E-state index in [9.17, 15) is 9.59 Å². The largest absolute Gasteiger partial charge is 0.461 e. The summed E-state index contributed by atoms with van der Waals surface area (Å²) >= 11 is 0. The lowest BCUT2D eigenvalue weighted by Crippen LogP contribution is -2.62. The number of hydrogen-bond acceptors (Lipinski definition) is 6. The zero-order valence-electron chi connectivity index (χ0n) is 27.6. The third-order valence-corrected chi connectivity index (χ3v) is 13.9. The van der Waals surface area contributed by atoms with Crippen molar-refractivity contribution in [3.8, 4) is 0 Å². The van der Waals surface area contributed by atoms with Crippen molar-refractivity contribution in [1.82, 2.24) is 4.90 Å². The molecule has 0 spiro atoms. The van der Waals surface area contributed by atoms with E-state index >= 15 is 0 Å². The van der Waals surface area contributed by atoms with Crippen LogP contribution in [-0.4, -0.2) is 91.6 Å². The van der Waals surface area contributed by atoms with Crippen LogP contribution in [-0.2, 0) is 23.8 Å². The maximum atomic E-state index is 12.7. The SMILES string of the molecule is C=CC[N+]1(C2C[C@H]3[C@@H]4CCC5CC(OC(C)=O)C(N6CCOCC6)C[C@]5(C)[C@@H]4CC[C@]3(C)C2OC(C)=O)CCCCCC1. The average Bonchev–Trinajstić information content (AvgIpc) is 3.10. The van der Waals surface area contributed by atoms with Crippen molar-refractivity contribution in [2.24, 2.45) is 34.5 Å². The molecule has 2 aliphatic heterocycles. The van der Waals surface area contributed by atoms with Crippen LogP contribution in [0.4, 0.5) is 0 Å². The Kier molecular flexibility index (Phi) is 9.09. The quantitative estimate of drug-likeness (QED) is 0.220. The number of carbonyl (C=O) groups is 2. The van der Waals surface area contributed by atoms with E-state index in [0.717, 1.165) is 56.6 Å². The van der Waals surface area contributed by atoms with E-state index in [1.807, 2.05) is 0 Å². The molecule has 0 radical (unpaired) electrons. The second-order valence-electron chi connectivity index (χ2n) is 15.9. The maximum Gasteiger partial charge on any atom is 0.303 e. The second-order valence-corrected chi connectivity index (χ2v) is 15.9. The number of quaternary nitrogens is 1. The minimum absolute atomic E-state index is 0.0136. The number of ether oxygens (including phenoxy) is 3. The highest BCUT2D eigenvalue weighted by atomic mass is 16.5. The van der Waals surface area contributed by atoms with Crippen molar-refractivity contribution >= 4 is 11.9 Å². The first-order valence-electron chi connectivity index (χ1n) is 17.7. The molecule has 4 saturated carbocycles. The van der Waals surface area contributed by atoms with Crippen LogP contribution in [0.3, 0.4) is 0 Å². The molecule has 5 unspecified atom stereocenters. The summed E-state index contributed by atoms with van der Waals surface area (Å²) < 4.78 is 19.3. The van der Waals surface area contributed by atoms with Crippen molar-refractivity contribution < 1.29 is 28.3 Å². The Balaban J connectivity index is 1.31. The highest BCUT2D eigenvalue weighted by molar-refractivity contribution is 5.66. The number of nitrogens with zero attached hydrogens (tertiary/aromatic N) is 2. The lowest BCUT2D eigenvalue weighted by Gasteiger charge is -2.62. The van der Waals surface area contributed by atoms with Gasteiger partial charge >= 0.3 is 11.9 Å². The topological polar surface area (TPSA) is 65.1 Å². The van der Waals surface area contributed by atoms with Gasteiger partial charge in [-0.2, -0.15) is 0 Å². The summed E-state index contributed by atoms with van der Waals surface area (Å²) in [6.07, 6.45) is 15.3. The summed E-state index contributed by atoms with van der Waals surface area (Å²) in [5, 5.41) is 0. The van der Waals surface area contributed by atoms with Gasteiger partial charge in [0, 0.05) is 44.8 Å². The molecule has 2 saturated heterocycles. The number of hydrogen-bond donors (Lipinski definition) is 0. The van der Waals surface area contributed by atoms with Gasteiger partial charge in [-0.15, -0.1) is 0 Å². The van der Waals surface area contributed by atoms with E-state index in [1.165, 1.54) is 64.5 Å². The minimum Gasteiger partial charge on any atom is -0.461 e. The highest BCUT2D eigenvalue weighted by Gasteiger charge is 2.67. The Morgan fingerprint density at radius 1 is 0.930 bits per heavy atom. The Hall–Kier alpha value is -1.44. The van der Waals surface area contributed by atoms with Crippen molar-refractivity contribution in [3.63, 3.8) is 0 Å². The Labute approximate surface area is 260 Å². The van der Waals surface area contributed by atoms with Crippen LogP contribution in [0, 0.1) is 34.5 Å². The fraction of sp³-hybridized carbons (Fsp3) is 0.889. The fourth-order valence-corrected chi connectivity index (χ4v) is 12.0. The predicted octanol–water partition coefficient (Wildman–Crippen LogP) is 5.76. The van der Waals surface area contributed by atoms with Gasteiger partial charge in [-0.3, -0.25) is 14.5 Å². The molecule has 0 aromatic heterocycles. The number of fused-ring (bicyclic) bond motifs is 5. The summed E-state index contributed by atoms with van der Waals surface area (Å²) in [6.45, 7) is 19.2. The average molecular weight is 600 g/mol. The van der Waals surface area contributed by atoms with Crippen LogP contribution < -0.4 is 0 Å². The fourth-order valence-electron chi connectivity index (χ4n) is 12.0. The highest BCUT2D eigenvalue weighted by Crippen LogP contribution is 2.67. The molecule has 0 aromatic carbocycles. The van der Waals surface area contributed by atoms with Crippen LogP contribution in [0.25, 0.3) is 0 Å². The monoisotopic (exact) mass is 599 g/mol. The summed E-state index contributed by atoms with van der Waals surface area (Å²) in [5.41, 5.74) is 0.257. The number of carbonyl (C=O) groups excluding carboxylic acids is 2. The Morgan fingerprint density at radius 2 is 1.63 bits per heavy atom. The molecule has 4 aliphatic carbocycles. The van der Waals surface area contributed by atoms with Crippen LogP contribution in [0.5, 0.6) is 0 Å². The van der Waals surface area contributed by atoms with Gasteiger partial charge < -0.3 is 18.7 Å². The molecule has 6 aliphatic rings. The first kappa shape index (κ1) is 31.5. The van der Waals surface area contributed by atoms with E-state index < -0.39 is 0 Å². The third kappa shape index (κ3) is 5.62. The molecule has 0 aromatic rings. The zero-order valence-corrected chi connectivity index (χ0v) is 27.6. The zero-order chi connectivity index (χ0) is 30.4. The van der Waals surface area contributed by atoms with Gasteiger partial charge in [-0.1, -0.05) is 20.4 Å². The normalized spacial score (nSPS) is 44.7. The van der Waals surface area contributed by atoms with Gasteiger partial charge in [-0.25, -0.2) is 0 Å². The van der Waals surface area contributed by atoms with Gasteiger partial charge in [-0.05, 0) is 99.4 Å². The van der Waals surface area contributed by atoms with Crippen molar-refractivity contribution in [3.05, 3.63) is 12.7 Å². The molecule has 0 amide bonds. The number of rotatable bonds is 6. The molecule has 242 valence electrons. The first-order valence-corrected chi connectivity index (χ1v) is 17.7. The van der Waals surface area contributed by atoms with Gasteiger partial charge in [0.1, 0.15) is 12.1 Å². The van der Waals surface area contributed by atoms with E-state index in [2.05, 4.69) is 31.4 Å². The molecule has 7 nitrogen and oxygen atoms in total. The summed E-state index contributed by atoms with van der Waals surface area (Å²) in [7, 11) is 0. The lowest BCUT2D eigenvalue weighted by molar-refractivity contribution is -0.948. The molecule has 0 bridgehead atoms. The third-order valence-electron chi connectivity index (χ3n) is 13.9. The van der Waals surface area contributed by atoms with Crippen LogP contribution in [0.1, 0.15) is 98.3 Å². The molecular formula is C36H59N2O5+. The number of likely N-dealkylation sites (tertiary alicyclic amines) is 1. The van der Waals surface area contributed by atoms with E-state index in [0.29, 0.717) is 29.7 Å². The summed E-state index contributed by atoms with van der Waals surface area (Å²) in [6, 6.07) is 0.629. The minimum atomic E-state index is -0.146. The Morgan fingerprint density at radius 3 is 2.28 bits per heavy atom. The van der Waals surface area contributed by atoms with E-state index in [4.69, 9.17) is 14.2 Å². The van der Waals surface area contributed by atoms with E-state index in [1.54, 1.807) is 13.8 Å². The Bertz CT molecular complexity index is 1030. The van der Waals surface area contributed by atoms with Crippen molar-refractivity contribution in [1.29, 1.82) is 0 Å². The van der Waals surface area contributed by atoms with Gasteiger partial charge in [0.05, 0.1) is 32.8 Å². The van der Waals surface area contributed by atoms with Gasteiger partial charge in [0.2, 0.25) is 0 Å². The van der Waals surface area contributed by atoms with E-state index in [-0.39, 0.29) is 41.0 Å². The predicted molar refractivity (Wildman–Crippen MR) is 167 cm³/mol.